The molecule has 4 atom stereocenters. The molecule has 10 N–H and O–H groups in total. The van der Waals surface area contributed by atoms with Gasteiger partial charge in [0.25, 0.3) is 46.4 Å². The number of hydrogen-bond acceptors (Lipinski definition) is 34. The van der Waals surface area contributed by atoms with E-state index in [0.717, 1.165) is 66.8 Å². The van der Waals surface area contributed by atoms with Crippen molar-refractivity contribution >= 4 is 105 Å². The minimum Gasteiger partial charge on any atom is -0.870 e. The predicted molar refractivity (Wildman–Crippen MR) is 493 cm³/mol. The first-order valence-corrected chi connectivity index (χ1v) is 43.5. The van der Waals surface area contributed by atoms with Crippen LogP contribution in [0.1, 0.15) is 143 Å². The van der Waals surface area contributed by atoms with Crippen molar-refractivity contribution in [1.82, 2.24) is 86.9 Å². The molecule has 724 valence electrons. The van der Waals surface area contributed by atoms with Gasteiger partial charge in [0.2, 0.25) is 5.65 Å². The number of amides is 3. The molecule has 13 aromatic rings. The van der Waals surface area contributed by atoms with E-state index in [1.165, 1.54) is 89.1 Å². The van der Waals surface area contributed by atoms with Gasteiger partial charge in [-0.15, -0.1) is 0 Å². The smallest absolute Gasteiger partial charge is 0.870 e. The summed E-state index contributed by atoms with van der Waals surface area (Å²) in [7, 11) is 0. The predicted octanol–water partition coefficient (Wildman–Crippen LogP) is 2.49. The summed E-state index contributed by atoms with van der Waals surface area (Å²) in [5.41, 5.74) is 17.1. The number of imide groups is 1. The van der Waals surface area contributed by atoms with Crippen LogP contribution in [0.5, 0.6) is 5.75 Å². The number of nitrogens with zero attached hydrogens (tertiary/aromatic N) is 25. The van der Waals surface area contributed by atoms with Crippen LogP contribution in [0.3, 0.4) is 0 Å². The number of nitrogens with two attached hydrogens (primary N) is 4. The van der Waals surface area contributed by atoms with Crippen molar-refractivity contribution in [3.05, 3.63) is 240 Å². The average Bonchev–Trinajstić information content (AvgIpc) is 1.65. The third-order valence-electron chi connectivity index (χ3n) is 23.0. The van der Waals surface area contributed by atoms with E-state index in [-0.39, 0.29) is 142 Å². The summed E-state index contributed by atoms with van der Waals surface area (Å²) in [5.74, 6) is 7.77. The zero-order valence-corrected chi connectivity index (χ0v) is 78.1. The number of ether oxygens (including phenoxy) is 1. The van der Waals surface area contributed by atoms with Gasteiger partial charge in [-0.05, 0) is 104 Å². The summed E-state index contributed by atoms with van der Waals surface area (Å²) in [6.45, 7) is 17.7. The number of pyridine rings is 4. The van der Waals surface area contributed by atoms with E-state index in [4.69, 9.17) is 45.4 Å². The number of fused-ring (bicyclic) bond motifs is 10. The standard InChI is InChI=1S/C28H28FN7O3.C20H26FN7O.C19H22FN7O3.C19H20FN7O2.2CO2.CH4.H4N2.Na.H2O/c1-3-19-16-30-33-14-10-24(31-25(19)33)35-12-6-11-34(35)23-15-20(29)17-32(28(23)39)13-9-18(2)36-26(37)21-7-4-5-8-22(21)27(36)38;1-3-15-12-23-26-10-6-18(24-19(15)26)28-8-4-7-27(28)17-11-16(21)13-25(20(17)29)9-5-14(2)22;1-13(21)3-7-24-11-14(20)9-15(19(24)29)26-5-2-6-27(26)17-4-8-25-18(23-17)16(10-22-25)30-12-28;1-12-3-7-24-11-13(20)9-15(19(24)29)26-5-2-6-27(26)16-4-8-25-17(23-16)14(10-21-25)18(28)22-12;2*2-1-3;;1-2;;/h4-5,7-8,10,14-18H,3,6,9,11-13H2,1-2H3;6,10-14H,3-5,7-9,22H2,1-2H3;4,8-13H,2-3,5-7,21H2,1H3;4,8-12H,2-3,5-7H2,1H3,(H,22,28);;;1H4;1-2H2;;1H2/q;;;;;;;;+1;/p-1/t18-;14-;13-;12-;;;;;;/m1111....../s1. The molecule has 6 aliphatic rings. The molecule has 0 radical (unpaired) electrons. The van der Waals surface area contributed by atoms with Crippen LogP contribution in [0.25, 0.3) is 22.6 Å². The van der Waals surface area contributed by atoms with Crippen molar-refractivity contribution in [2.24, 2.45) is 23.2 Å². The van der Waals surface area contributed by atoms with E-state index in [2.05, 4.69) is 54.3 Å². The van der Waals surface area contributed by atoms with Crippen molar-refractivity contribution in [3.63, 3.8) is 0 Å². The van der Waals surface area contributed by atoms with E-state index < -0.39 is 29.3 Å². The average molecular weight is 1920 g/mol. The molecule has 0 aliphatic carbocycles. The minimum absolute atomic E-state index is 0. The molecule has 3 amide bonds. The summed E-state index contributed by atoms with van der Waals surface area (Å²) >= 11 is 0. The molecule has 0 saturated carbocycles. The van der Waals surface area contributed by atoms with Crippen LogP contribution in [0, 0.1) is 23.3 Å². The van der Waals surface area contributed by atoms with Gasteiger partial charge >= 0.3 is 41.9 Å². The number of anilines is 8. The summed E-state index contributed by atoms with van der Waals surface area (Å²) in [4.78, 5) is 154. The Hall–Kier alpha value is -14.7. The van der Waals surface area contributed by atoms with E-state index >= 15 is 0 Å². The first kappa shape index (κ1) is 105. The van der Waals surface area contributed by atoms with Crippen LogP contribution in [0.2, 0.25) is 0 Å². The van der Waals surface area contributed by atoms with Crippen LogP contribution in [0.15, 0.2) is 166 Å². The number of hydrogen-bond donors (Lipinski definition) is 5. The fourth-order valence-electron chi connectivity index (χ4n) is 16.5. The van der Waals surface area contributed by atoms with Gasteiger partial charge < -0.3 is 45.3 Å². The molecule has 138 heavy (non-hydrogen) atoms. The topological polar surface area (TPSA) is 530 Å². The Morgan fingerprint density at radius 2 is 0.797 bits per heavy atom. The zero-order valence-electron chi connectivity index (χ0n) is 76.1. The van der Waals surface area contributed by atoms with Gasteiger partial charge in [-0.2, -0.15) is 39.6 Å². The van der Waals surface area contributed by atoms with Gasteiger partial charge in [-0.3, -0.25) is 95.0 Å². The maximum absolute atomic E-state index is 14.8. The minimum atomic E-state index is -0.544. The van der Waals surface area contributed by atoms with Gasteiger partial charge in [0.1, 0.15) is 51.6 Å². The van der Waals surface area contributed by atoms with E-state index in [1.807, 2.05) is 83.5 Å². The Kier molecular flexibility index (Phi) is 36.4. The third-order valence-corrected chi connectivity index (χ3v) is 23.0. The molecule has 12 aromatic heterocycles. The number of carbonyl (C=O) groups excluding carboxylic acids is 8. The van der Waals surface area contributed by atoms with Gasteiger partial charge in [-0.25, -0.2) is 55.6 Å². The first-order chi connectivity index (χ1) is 65.2. The van der Waals surface area contributed by atoms with Gasteiger partial charge in [0.05, 0.1) is 35.9 Å². The number of benzene rings is 1. The second-order valence-electron chi connectivity index (χ2n) is 32.1. The zero-order chi connectivity index (χ0) is 96.6. The van der Waals surface area contributed by atoms with Gasteiger partial charge in [0.15, 0.2) is 46.0 Å². The van der Waals surface area contributed by atoms with Gasteiger partial charge in [0, 0.05) is 212 Å². The van der Waals surface area contributed by atoms with Crippen molar-refractivity contribution in [2.45, 2.75) is 164 Å². The maximum Gasteiger partial charge on any atom is 1.00 e. The van der Waals surface area contributed by atoms with Gasteiger partial charge in [-0.1, -0.05) is 33.4 Å². The van der Waals surface area contributed by atoms with Crippen LogP contribution in [-0.4, -0.2) is 200 Å². The van der Waals surface area contributed by atoms with Crippen LogP contribution in [0.4, 0.5) is 63.6 Å². The van der Waals surface area contributed by atoms with E-state index in [1.54, 1.807) is 90.5 Å². The number of halogens is 4. The molecule has 4 bridgehead atoms. The molecule has 18 heterocycles. The fraction of sp³-hybridized carbons (Fsp3) is 0.371. The van der Waals surface area contributed by atoms with E-state index in [9.17, 15) is 55.9 Å². The Morgan fingerprint density at radius 3 is 1.18 bits per heavy atom. The molecule has 49 heteroatoms. The maximum atomic E-state index is 14.8. The van der Waals surface area contributed by atoms with Crippen molar-refractivity contribution in [3.8, 4) is 5.75 Å². The quantitative estimate of drug-likeness (QED) is 0.0183. The number of aromatic nitrogens is 16. The molecule has 0 unspecified atom stereocenters. The molecular weight excluding hydrogens is 1810 g/mol. The second-order valence-corrected chi connectivity index (χ2v) is 32.1. The number of aryl methyl sites for hydroxylation is 6. The molecule has 0 spiro atoms. The van der Waals surface area contributed by atoms with E-state index in [0.29, 0.717) is 155 Å². The molecule has 19 rings (SSSR count). The number of hydrazine groups is 5. The van der Waals surface area contributed by atoms with Crippen molar-refractivity contribution in [1.29, 1.82) is 0 Å². The van der Waals surface area contributed by atoms with Crippen molar-refractivity contribution in [2.75, 3.05) is 92.4 Å². The molecule has 1 aromatic carbocycles. The number of carbonyl (C=O) groups is 4. The summed E-state index contributed by atoms with van der Waals surface area (Å²) in [6, 6.07) is 18.1. The van der Waals surface area contributed by atoms with Crippen LogP contribution >= 0.6 is 0 Å². The Labute approximate surface area is 807 Å². The molecular formula is C89H105F4N30NaO14. The van der Waals surface area contributed by atoms with Crippen molar-refractivity contribution < 1.29 is 95.7 Å². The Balaban J connectivity index is 0.000000185. The van der Waals surface area contributed by atoms with Crippen LogP contribution < -0.4 is 125 Å². The Bertz CT molecular complexity index is 6790. The largest absolute Gasteiger partial charge is 1.00 e. The normalized spacial score (nSPS) is 15.3. The van der Waals surface area contributed by atoms with Crippen LogP contribution in [-0.2, 0) is 63.0 Å². The molecule has 4 fully saturated rings. The number of rotatable bonds is 20. The number of nitrogens with one attached hydrogen (secondary N) is 1. The summed E-state index contributed by atoms with van der Waals surface area (Å²) in [6.07, 6.45) is 25.7. The SMILES string of the molecule is C.CCc1cnn2ccc(N3CCCN3c3cc(F)cn(CC[C@@H](C)N)c3=O)nc12.CCc1cnn2ccc(N3CCCN3c3cc(F)cn(CC[C@@H](C)N4C(=O)c5ccccc5C4=O)c3=O)nc12.C[C@@H](N)CCn1cc(F)cc(N2CCCN2c2ccn3ncc(OC=O)c3n2)c1=O.C[C@@H]1CCn2cc(F)cc(c2=O)N2CCCN2c2ccn3ncc(c3n2)C(=O)N1.NN.O=C=O.O=C=O.[Na+].[OH-]. The summed E-state index contributed by atoms with van der Waals surface area (Å²) in [5, 5.41) is 34.5. The molecule has 6 aliphatic heterocycles. The third kappa shape index (κ3) is 23.1. The molecule has 4 saturated heterocycles. The first-order valence-electron chi connectivity index (χ1n) is 43.5. The molecule has 44 nitrogen and oxygen atoms in total. The second kappa shape index (κ2) is 47.6. The monoisotopic (exact) mass is 1920 g/mol. The Morgan fingerprint density at radius 1 is 0.464 bits per heavy atom. The fourth-order valence-corrected chi connectivity index (χ4v) is 16.5. The summed E-state index contributed by atoms with van der Waals surface area (Å²) < 4.78 is 74.6.